The highest BCUT2D eigenvalue weighted by Gasteiger charge is 2.21. The van der Waals surface area contributed by atoms with Gasteiger partial charge in [-0.15, -0.1) is 0 Å². The van der Waals surface area contributed by atoms with Crippen LogP contribution in [0, 0.1) is 6.92 Å². The summed E-state index contributed by atoms with van der Waals surface area (Å²) in [5, 5.41) is 11.2. The second-order valence-electron chi connectivity index (χ2n) is 6.42. The minimum Gasteiger partial charge on any atom is -0.504 e. The molecule has 0 spiro atoms. The first-order valence-electron chi connectivity index (χ1n) is 8.99. The summed E-state index contributed by atoms with van der Waals surface area (Å²) in [4.78, 5) is 28.7. The van der Waals surface area contributed by atoms with Crippen LogP contribution in [-0.4, -0.2) is 28.4 Å². The lowest BCUT2D eigenvalue weighted by Crippen LogP contribution is -2.09. The molecule has 28 heavy (non-hydrogen) atoms. The number of nitrogens with zero attached hydrogens (tertiary/aromatic N) is 1. The van der Waals surface area contributed by atoms with E-state index in [2.05, 4.69) is 20.9 Å². The molecular formula is C22H20BrNO4. The normalized spacial score (nSPS) is 10.8. The van der Waals surface area contributed by atoms with Gasteiger partial charge in [0.05, 0.1) is 23.0 Å². The number of halogens is 1. The van der Waals surface area contributed by atoms with Crippen LogP contribution in [0.15, 0.2) is 46.9 Å². The molecule has 3 aromatic rings. The molecule has 3 rings (SSSR count). The zero-order valence-electron chi connectivity index (χ0n) is 15.7. The van der Waals surface area contributed by atoms with Gasteiger partial charge in [0.1, 0.15) is 5.69 Å². The van der Waals surface area contributed by atoms with E-state index in [1.807, 2.05) is 49.4 Å². The Morgan fingerprint density at radius 3 is 2.61 bits per heavy atom. The van der Waals surface area contributed by atoms with E-state index in [4.69, 9.17) is 4.74 Å². The molecule has 0 unspecified atom stereocenters. The summed E-state index contributed by atoms with van der Waals surface area (Å²) < 4.78 is 5.27. The van der Waals surface area contributed by atoms with E-state index in [1.165, 1.54) is 0 Å². The maximum atomic E-state index is 12.6. The quantitative estimate of drug-likeness (QED) is 0.419. The van der Waals surface area contributed by atoms with E-state index < -0.39 is 11.8 Å². The van der Waals surface area contributed by atoms with Crippen molar-refractivity contribution in [1.82, 2.24) is 4.98 Å². The van der Waals surface area contributed by atoms with Crippen LogP contribution in [0.1, 0.15) is 35.8 Å². The van der Waals surface area contributed by atoms with Crippen LogP contribution in [0.4, 0.5) is 0 Å². The molecule has 0 aliphatic carbocycles. The maximum absolute atomic E-state index is 12.6. The summed E-state index contributed by atoms with van der Waals surface area (Å²) >= 11 is 3.39. The van der Waals surface area contributed by atoms with Crippen LogP contribution in [0.25, 0.3) is 22.0 Å². The summed E-state index contributed by atoms with van der Waals surface area (Å²) in [5.74, 6) is -1.08. The molecule has 0 saturated carbocycles. The molecule has 0 saturated heterocycles. The molecule has 144 valence electrons. The van der Waals surface area contributed by atoms with Crippen LogP contribution in [0.3, 0.4) is 0 Å². The second kappa shape index (κ2) is 8.52. The minimum atomic E-state index is -0.448. The van der Waals surface area contributed by atoms with E-state index in [9.17, 15) is 14.7 Å². The van der Waals surface area contributed by atoms with Gasteiger partial charge in [0.15, 0.2) is 11.5 Å². The molecule has 0 radical (unpaired) electrons. The maximum Gasteiger partial charge on any atom is 0.306 e. The summed E-state index contributed by atoms with van der Waals surface area (Å²) in [7, 11) is 0. The molecule has 1 heterocycles. The summed E-state index contributed by atoms with van der Waals surface area (Å²) in [6, 6.07) is 13.6. The highest BCUT2D eigenvalue weighted by molar-refractivity contribution is 9.10. The highest BCUT2D eigenvalue weighted by atomic mass is 79.9. The van der Waals surface area contributed by atoms with E-state index >= 15 is 0 Å². The third-order valence-electron chi connectivity index (χ3n) is 4.38. The predicted octanol–water partition coefficient (Wildman–Crippen LogP) is 5.20. The number of aryl methyl sites for hydroxylation is 1. The average Bonchev–Trinajstić information content (AvgIpc) is 2.68. The van der Waals surface area contributed by atoms with Gasteiger partial charge in [-0.3, -0.25) is 9.59 Å². The SMILES string of the molecule is CCOC(=O)CCC(=O)c1nc2c(-c3cccc(C)c3)cccc2c(Br)c1O. The zero-order valence-corrected chi connectivity index (χ0v) is 17.2. The van der Waals surface area contributed by atoms with Crippen LogP contribution in [-0.2, 0) is 9.53 Å². The third kappa shape index (κ3) is 4.07. The van der Waals surface area contributed by atoms with Gasteiger partial charge in [-0.05, 0) is 35.3 Å². The monoisotopic (exact) mass is 441 g/mol. The molecule has 0 atom stereocenters. The van der Waals surface area contributed by atoms with Gasteiger partial charge in [0.2, 0.25) is 0 Å². The van der Waals surface area contributed by atoms with Crippen molar-refractivity contribution < 1.29 is 19.4 Å². The van der Waals surface area contributed by atoms with Crippen LogP contribution < -0.4 is 0 Å². The molecule has 6 heteroatoms. The Balaban J connectivity index is 2.07. The van der Waals surface area contributed by atoms with Crippen molar-refractivity contribution in [3.8, 4) is 16.9 Å². The van der Waals surface area contributed by atoms with Crippen molar-refractivity contribution in [2.45, 2.75) is 26.7 Å². The summed E-state index contributed by atoms with van der Waals surface area (Å²) in [6.45, 7) is 3.98. The molecule has 0 bridgehead atoms. The first-order valence-corrected chi connectivity index (χ1v) is 9.78. The molecule has 2 aromatic carbocycles. The van der Waals surface area contributed by atoms with Crippen molar-refractivity contribution in [3.63, 3.8) is 0 Å². The number of carbonyl (C=O) groups is 2. The first-order chi connectivity index (χ1) is 13.4. The molecular weight excluding hydrogens is 422 g/mol. The average molecular weight is 442 g/mol. The van der Waals surface area contributed by atoms with Gasteiger partial charge in [-0.2, -0.15) is 0 Å². The standard InChI is InChI=1S/C22H20BrNO4/c1-3-28-18(26)11-10-17(25)21-22(27)19(23)16-9-5-8-15(20(16)24-21)14-7-4-6-13(2)12-14/h4-9,12,27H,3,10-11H2,1-2H3. The van der Waals surface area contributed by atoms with E-state index in [0.29, 0.717) is 15.4 Å². The third-order valence-corrected chi connectivity index (χ3v) is 5.19. The van der Waals surface area contributed by atoms with E-state index in [0.717, 1.165) is 16.7 Å². The summed E-state index contributed by atoms with van der Waals surface area (Å²) in [6.07, 6.45) is -0.132. The molecule has 0 fully saturated rings. The summed E-state index contributed by atoms with van der Waals surface area (Å²) in [5.41, 5.74) is 3.50. The van der Waals surface area contributed by atoms with Gasteiger partial charge in [-0.25, -0.2) is 4.98 Å². The number of aromatic nitrogens is 1. The Kier molecular flexibility index (Phi) is 6.09. The van der Waals surface area contributed by atoms with Gasteiger partial charge in [0.25, 0.3) is 0 Å². The topological polar surface area (TPSA) is 76.5 Å². The lowest BCUT2D eigenvalue weighted by atomic mass is 9.99. The smallest absolute Gasteiger partial charge is 0.306 e. The van der Waals surface area contributed by atoms with Crippen LogP contribution in [0.2, 0.25) is 0 Å². The number of aromatic hydroxyl groups is 1. The van der Waals surface area contributed by atoms with Crippen molar-refractivity contribution in [2.75, 3.05) is 6.61 Å². The van der Waals surface area contributed by atoms with Crippen LogP contribution in [0.5, 0.6) is 5.75 Å². The largest absolute Gasteiger partial charge is 0.504 e. The minimum absolute atomic E-state index is 0.0521. The number of hydrogen-bond acceptors (Lipinski definition) is 5. The lowest BCUT2D eigenvalue weighted by molar-refractivity contribution is -0.143. The Morgan fingerprint density at radius 1 is 1.14 bits per heavy atom. The predicted molar refractivity (Wildman–Crippen MR) is 111 cm³/mol. The fourth-order valence-electron chi connectivity index (χ4n) is 3.04. The van der Waals surface area contributed by atoms with Crippen molar-refractivity contribution in [1.29, 1.82) is 0 Å². The Bertz CT molecular complexity index is 1060. The number of fused-ring (bicyclic) bond motifs is 1. The van der Waals surface area contributed by atoms with Gasteiger partial charge in [-0.1, -0.05) is 48.0 Å². The fourth-order valence-corrected chi connectivity index (χ4v) is 3.55. The Hall–Kier alpha value is -2.73. The van der Waals surface area contributed by atoms with Crippen molar-refractivity contribution in [3.05, 3.63) is 58.2 Å². The molecule has 0 amide bonds. The number of pyridine rings is 1. The molecule has 5 nitrogen and oxygen atoms in total. The Labute approximate surface area is 171 Å². The number of Topliss-reactive ketones (excluding diaryl/α,β-unsaturated/α-hetero) is 1. The number of esters is 1. The van der Waals surface area contributed by atoms with Gasteiger partial charge < -0.3 is 9.84 Å². The van der Waals surface area contributed by atoms with Gasteiger partial charge in [0, 0.05) is 17.4 Å². The number of hydrogen-bond donors (Lipinski definition) is 1. The molecule has 1 N–H and O–H groups in total. The number of rotatable bonds is 6. The number of ether oxygens (including phenoxy) is 1. The molecule has 1 aromatic heterocycles. The number of benzene rings is 2. The Morgan fingerprint density at radius 2 is 1.89 bits per heavy atom. The van der Waals surface area contributed by atoms with E-state index in [1.54, 1.807) is 6.92 Å². The van der Waals surface area contributed by atoms with Crippen LogP contribution >= 0.6 is 15.9 Å². The fraction of sp³-hybridized carbons (Fsp3) is 0.227. The van der Waals surface area contributed by atoms with Gasteiger partial charge >= 0.3 is 5.97 Å². The zero-order chi connectivity index (χ0) is 20.3. The molecule has 0 aliphatic heterocycles. The number of carbonyl (C=O) groups excluding carboxylic acids is 2. The van der Waals surface area contributed by atoms with E-state index in [-0.39, 0.29) is 30.9 Å². The van der Waals surface area contributed by atoms with Crippen molar-refractivity contribution >= 4 is 38.6 Å². The van der Waals surface area contributed by atoms with Crippen molar-refractivity contribution in [2.24, 2.45) is 0 Å². The second-order valence-corrected chi connectivity index (χ2v) is 7.22. The lowest BCUT2D eigenvalue weighted by Gasteiger charge is -2.12. The molecule has 0 aliphatic rings. The number of ketones is 1. The number of para-hydroxylation sites is 1. The first kappa shape index (κ1) is 20.0. The highest BCUT2D eigenvalue weighted by Crippen LogP contribution is 2.38.